The summed E-state index contributed by atoms with van der Waals surface area (Å²) in [6, 6.07) is 19.4. The molecule has 2 aromatic heterocycles. The van der Waals surface area contributed by atoms with Gasteiger partial charge in [0.15, 0.2) is 0 Å². The minimum Gasteiger partial charge on any atom is -0.393 e. The first kappa shape index (κ1) is 35.1. The van der Waals surface area contributed by atoms with E-state index in [0.29, 0.717) is 58.6 Å². The van der Waals surface area contributed by atoms with Gasteiger partial charge in [0.05, 0.1) is 25.1 Å². The topological polar surface area (TPSA) is 118 Å². The third kappa shape index (κ3) is 7.13. The van der Waals surface area contributed by atoms with Gasteiger partial charge < -0.3 is 10.4 Å². The largest absolute Gasteiger partial charge is 0.393 e. The monoisotopic (exact) mass is 703 g/mol. The van der Waals surface area contributed by atoms with Gasteiger partial charge in [0.25, 0.3) is 5.56 Å². The summed E-state index contributed by atoms with van der Waals surface area (Å²) in [5.74, 6) is -1.59. The Balaban J connectivity index is 1.57. The Hall–Kier alpha value is -4.69. The zero-order valence-electron chi connectivity index (χ0n) is 28.0. The van der Waals surface area contributed by atoms with Gasteiger partial charge in [0, 0.05) is 34.8 Å². The maximum atomic E-state index is 15.1. The lowest BCUT2D eigenvalue weighted by atomic mass is 9.93. The van der Waals surface area contributed by atoms with Gasteiger partial charge in [-0.05, 0) is 80.6 Å². The van der Waals surface area contributed by atoms with Gasteiger partial charge in [-0.15, -0.1) is 11.3 Å². The molecule has 0 unspecified atom stereocenters. The SMILES string of the molecule is CONC(=O)Nc1ccc(-c2sc3c(c2CN(C)[C@H](C)c2ccccc2)c(=O)n(C2CCC(O)CC2)c(=O)n3Cc2c(F)cccc2F)cc1. The summed E-state index contributed by atoms with van der Waals surface area (Å²) in [5.41, 5.74) is 3.77. The van der Waals surface area contributed by atoms with Crippen molar-refractivity contribution < 1.29 is 23.5 Å². The van der Waals surface area contributed by atoms with Crippen molar-refractivity contribution in [1.29, 1.82) is 0 Å². The van der Waals surface area contributed by atoms with Crippen molar-refractivity contribution in [2.75, 3.05) is 19.5 Å². The third-order valence-corrected chi connectivity index (χ3v) is 10.8. The molecule has 10 nitrogen and oxygen atoms in total. The number of hydrogen-bond acceptors (Lipinski definition) is 7. The molecular weight excluding hydrogens is 665 g/mol. The summed E-state index contributed by atoms with van der Waals surface area (Å²) in [5, 5.41) is 13.2. The first-order valence-electron chi connectivity index (χ1n) is 16.4. The van der Waals surface area contributed by atoms with Crippen molar-refractivity contribution in [2.24, 2.45) is 0 Å². The molecule has 0 radical (unpaired) electrons. The van der Waals surface area contributed by atoms with Crippen LogP contribution in [0.3, 0.4) is 0 Å². The average Bonchev–Trinajstić information content (AvgIpc) is 3.48. The van der Waals surface area contributed by atoms with E-state index in [1.54, 1.807) is 24.3 Å². The van der Waals surface area contributed by atoms with Gasteiger partial charge >= 0.3 is 11.7 Å². The fraction of sp³-hybridized carbons (Fsp3) is 0.324. The lowest BCUT2D eigenvalue weighted by Crippen LogP contribution is -2.43. The number of aliphatic hydroxyl groups is 1. The first-order chi connectivity index (χ1) is 24.1. The average molecular weight is 704 g/mol. The molecule has 0 spiro atoms. The van der Waals surface area contributed by atoms with E-state index in [-0.39, 0.29) is 11.6 Å². The van der Waals surface area contributed by atoms with Gasteiger partial charge in [-0.1, -0.05) is 48.5 Å². The molecule has 0 saturated heterocycles. The van der Waals surface area contributed by atoms with Crippen LogP contribution >= 0.6 is 11.3 Å². The molecule has 2 amide bonds. The molecule has 2 heterocycles. The number of aliphatic hydroxyl groups excluding tert-OH is 1. The smallest absolute Gasteiger partial charge is 0.343 e. The molecule has 1 aliphatic rings. The zero-order chi connectivity index (χ0) is 35.5. The van der Waals surface area contributed by atoms with Gasteiger partial charge in [-0.25, -0.2) is 23.9 Å². The number of halogens is 2. The van der Waals surface area contributed by atoms with Crippen LogP contribution in [0.1, 0.15) is 61.4 Å². The van der Waals surface area contributed by atoms with Crippen LogP contribution in [0.2, 0.25) is 0 Å². The minimum absolute atomic E-state index is 0.0506. The first-order valence-corrected chi connectivity index (χ1v) is 17.3. The molecule has 50 heavy (non-hydrogen) atoms. The number of carbonyl (C=O) groups excluding carboxylic acids is 1. The fourth-order valence-electron chi connectivity index (χ4n) is 6.62. The molecule has 1 atom stereocenters. The van der Waals surface area contributed by atoms with Gasteiger partial charge in [-0.2, -0.15) is 0 Å². The summed E-state index contributed by atoms with van der Waals surface area (Å²) in [4.78, 5) is 48.8. The Bertz CT molecular complexity index is 2090. The van der Waals surface area contributed by atoms with Crippen LogP contribution in [0.4, 0.5) is 19.3 Å². The molecule has 6 rings (SSSR count). The second-order valence-electron chi connectivity index (χ2n) is 12.6. The number of fused-ring (bicyclic) bond motifs is 1. The van der Waals surface area contributed by atoms with Crippen molar-refractivity contribution in [3.05, 3.63) is 122 Å². The van der Waals surface area contributed by atoms with E-state index in [2.05, 4.69) is 27.5 Å². The quantitative estimate of drug-likeness (QED) is 0.142. The molecule has 0 aliphatic heterocycles. The van der Waals surface area contributed by atoms with E-state index in [0.717, 1.165) is 23.3 Å². The number of nitrogens with one attached hydrogen (secondary N) is 2. The van der Waals surface area contributed by atoms with Crippen LogP contribution in [0, 0.1) is 11.6 Å². The number of amides is 2. The molecule has 13 heteroatoms. The Morgan fingerprint density at radius 1 is 0.980 bits per heavy atom. The number of urea groups is 1. The number of aromatic nitrogens is 2. The number of carbonyl (C=O) groups is 1. The van der Waals surface area contributed by atoms with Crippen molar-refractivity contribution in [3.8, 4) is 10.4 Å². The van der Waals surface area contributed by atoms with Crippen LogP contribution in [0.5, 0.6) is 0 Å². The van der Waals surface area contributed by atoms with Crippen LogP contribution in [-0.2, 0) is 17.9 Å². The summed E-state index contributed by atoms with van der Waals surface area (Å²) in [6.45, 7) is 1.96. The normalized spacial score (nSPS) is 16.9. The summed E-state index contributed by atoms with van der Waals surface area (Å²) in [7, 11) is 3.28. The number of thiophene rings is 1. The van der Waals surface area contributed by atoms with Gasteiger partial charge in [0.2, 0.25) is 0 Å². The molecule has 1 aliphatic carbocycles. The van der Waals surface area contributed by atoms with Crippen LogP contribution in [0.25, 0.3) is 20.7 Å². The van der Waals surface area contributed by atoms with Crippen LogP contribution in [-0.4, -0.2) is 45.4 Å². The molecule has 3 aromatic carbocycles. The maximum absolute atomic E-state index is 15.1. The highest BCUT2D eigenvalue weighted by Gasteiger charge is 2.30. The molecule has 1 fully saturated rings. The highest BCUT2D eigenvalue weighted by Crippen LogP contribution is 2.40. The summed E-state index contributed by atoms with van der Waals surface area (Å²) < 4.78 is 32.7. The Labute approximate surface area is 291 Å². The number of hydroxylamine groups is 1. The second-order valence-corrected chi connectivity index (χ2v) is 13.6. The highest BCUT2D eigenvalue weighted by atomic mass is 32.1. The van der Waals surface area contributed by atoms with Crippen molar-refractivity contribution >= 4 is 33.3 Å². The Morgan fingerprint density at radius 2 is 1.64 bits per heavy atom. The van der Waals surface area contributed by atoms with E-state index in [4.69, 9.17) is 0 Å². The Morgan fingerprint density at radius 3 is 2.28 bits per heavy atom. The lowest BCUT2D eigenvalue weighted by molar-refractivity contribution is 0.108. The molecule has 262 valence electrons. The number of hydrogen-bond donors (Lipinski definition) is 3. The Kier molecular flexibility index (Phi) is 10.6. The van der Waals surface area contributed by atoms with E-state index < -0.39 is 47.6 Å². The minimum atomic E-state index is -0.794. The van der Waals surface area contributed by atoms with Crippen molar-refractivity contribution in [1.82, 2.24) is 19.5 Å². The van der Waals surface area contributed by atoms with E-state index in [9.17, 15) is 19.5 Å². The van der Waals surface area contributed by atoms with Crippen molar-refractivity contribution in [2.45, 2.75) is 63.9 Å². The summed E-state index contributed by atoms with van der Waals surface area (Å²) >= 11 is 1.21. The van der Waals surface area contributed by atoms with E-state index in [1.165, 1.54) is 33.6 Å². The van der Waals surface area contributed by atoms with Gasteiger partial charge in [0.1, 0.15) is 16.5 Å². The van der Waals surface area contributed by atoms with E-state index in [1.807, 2.05) is 37.4 Å². The molecule has 3 N–H and O–H groups in total. The number of nitrogens with zero attached hydrogens (tertiary/aromatic N) is 3. The number of benzene rings is 3. The predicted octanol–water partition coefficient (Wildman–Crippen LogP) is 6.57. The summed E-state index contributed by atoms with van der Waals surface area (Å²) in [6.07, 6.45) is 1.17. The molecule has 5 aromatic rings. The molecular formula is C37H39F2N5O5S. The van der Waals surface area contributed by atoms with E-state index >= 15 is 8.78 Å². The van der Waals surface area contributed by atoms with Crippen LogP contribution < -0.4 is 22.0 Å². The third-order valence-electron chi connectivity index (χ3n) is 9.46. The number of anilines is 1. The van der Waals surface area contributed by atoms with Crippen LogP contribution in [0.15, 0.2) is 82.4 Å². The standard InChI is InChI=1S/C37H39F2N5O5S/c1-22(23-8-5-4-6-9-23)42(2)20-29-32-34(46)44(26-16-18-27(45)19-17-26)37(48)43(21-28-30(38)10-7-11-31(28)39)35(32)50-33(29)24-12-14-25(15-13-24)40-36(47)41-49-3/h4-15,22,26-27,45H,16-21H2,1-3H3,(H2,40,41,47)/t22-,26?,27?/m1/s1. The van der Waals surface area contributed by atoms with Crippen molar-refractivity contribution in [3.63, 3.8) is 0 Å². The molecule has 1 saturated carbocycles. The number of rotatable bonds is 10. The fourth-order valence-corrected chi connectivity index (χ4v) is 7.92. The second kappa shape index (κ2) is 15.1. The molecule has 0 bridgehead atoms. The predicted molar refractivity (Wildman–Crippen MR) is 190 cm³/mol. The maximum Gasteiger partial charge on any atom is 0.343 e. The van der Waals surface area contributed by atoms with Gasteiger partial charge in [-0.3, -0.25) is 23.7 Å². The zero-order valence-corrected chi connectivity index (χ0v) is 28.8. The lowest BCUT2D eigenvalue weighted by Gasteiger charge is -2.28. The highest BCUT2D eigenvalue weighted by molar-refractivity contribution is 7.22.